The molecular weight excluding hydrogens is 278 g/mol. The van der Waals surface area contributed by atoms with Gasteiger partial charge in [0.2, 0.25) is 0 Å². The quantitative estimate of drug-likeness (QED) is 0.813. The molecule has 0 aromatic heterocycles. The summed E-state index contributed by atoms with van der Waals surface area (Å²) in [6, 6.07) is 0.0488. The van der Waals surface area contributed by atoms with Crippen molar-refractivity contribution in [2.75, 3.05) is 39.3 Å². The number of likely N-dealkylation sites (tertiary alicyclic amines) is 2. The van der Waals surface area contributed by atoms with Crippen LogP contribution in [0.1, 0.15) is 40.0 Å². The maximum absolute atomic E-state index is 12.3. The number of aliphatic hydroxyl groups excluding tert-OH is 1. The van der Waals surface area contributed by atoms with E-state index in [-0.39, 0.29) is 18.1 Å². The lowest BCUT2D eigenvalue weighted by atomic mass is 9.94. The fourth-order valence-corrected chi connectivity index (χ4v) is 3.69. The van der Waals surface area contributed by atoms with Crippen LogP contribution >= 0.6 is 0 Å². The summed E-state index contributed by atoms with van der Waals surface area (Å²) in [7, 11) is 0. The maximum atomic E-state index is 12.3. The van der Waals surface area contributed by atoms with Gasteiger partial charge in [-0.05, 0) is 44.6 Å². The number of amides is 2. The Balaban J connectivity index is 1.69. The van der Waals surface area contributed by atoms with Crippen LogP contribution in [0.15, 0.2) is 0 Å². The number of nitrogens with zero attached hydrogens (tertiary/aromatic N) is 2. The Morgan fingerprint density at radius 2 is 2.00 bits per heavy atom. The molecule has 5 heteroatoms. The minimum atomic E-state index is -0.324. The molecule has 2 rings (SSSR count). The van der Waals surface area contributed by atoms with Gasteiger partial charge in [-0.25, -0.2) is 4.79 Å². The molecule has 5 nitrogen and oxygen atoms in total. The summed E-state index contributed by atoms with van der Waals surface area (Å²) in [4.78, 5) is 16.7. The smallest absolute Gasteiger partial charge is 0.317 e. The van der Waals surface area contributed by atoms with Crippen molar-refractivity contribution >= 4 is 6.03 Å². The third kappa shape index (κ3) is 5.13. The molecule has 0 bridgehead atoms. The van der Waals surface area contributed by atoms with Gasteiger partial charge in [-0.2, -0.15) is 0 Å². The summed E-state index contributed by atoms with van der Waals surface area (Å²) in [5.74, 6) is 1.52. The summed E-state index contributed by atoms with van der Waals surface area (Å²) in [6.07, 6.45) is 2.88. The molecule has 2 heterocycles. The highest BCUT2D eigenvalue weighted by Crippen LogP contribution is 2.20. The van der Waals surface area contributed by atoms with E-state index in [0.717, 1.165) is 45.6 Å². The lowest BCUT2D eigenvalue weighted by Gasteiger charge is -2.34. The molecule has 2 fully saturated rings. The molecule has 0 radical (unpaired) electrons. The van der Waals surface area contributed by atoms with Crippen molar-refractivity contribution in [3.8, 4) is 0 Å². The first-order chi connectivity index (χ1) is 10.5. The highest BCUT2D eigenvalue weighted by atomic mass is 16.3. The SMILES string of the molecule is CC(C)CN1CCC(CNC(=O)N2CCCC(C(C)O)C2)C1. The van der Waals surface area contributed by atoms with Crippen molar-refractivity contribution in [2.45, 2.75) is 46.1 Å². The third-order valence-corrected chi connectivity index (χ3v) is 4.96. The molecule has 0 aromatic rings. The number of carbonyl (C=O) groups is 1. The van der Waals surface area contributed by atoms with Crippen LogP contribution in [0.5, 0.6) is 0 Å². The Bertz CT molecular complexity index is 360. The fraction of sp³-hybridized carbons (Fsp3) is 0.941. The van der Waals surface area contributed by atoms with Crippen molar-refractivity contribution in [3.05, 3.63) is 0 Å². The molecular formula is C17H33N3O2. The van der Waals surface area contributed by atoms with Gasteiger partial charge in [0.25, 0.3) is 0 Å². The van der Waals surface area contributed by atoms with Gasteiger partial charge >= 0.3 is 6.03 Å². The predicted octanol–water partition coefficient (Wildman–Crippen LogP) is 1.77. The number of aliphatic hydroxyl groups is 1. The highest BCUT2D eigenvalue weighted by molar-refractivity contribution is 5.74. The molecule has 2 amide bonds. The van der Waals surface area contributed by atoms with Crippen LogP contribution < -0.4 is 5.32 Å². The summed E-state index contributed by atoms with van der Waals surface area (Å²) in [5, 5.41) is 12.8. The van der Waals surface area contributed by atoms with Crippen LogP contribution in [0, 0.1) is 17.8 Å². The first-order valence-corrected chi connectivity index (χ1v) is 8.89. The molecule has 3 unspecified atom stereocenters. The molecule has 3 atom stereocenters. The van der Waals surface area contributed by atoms with E-state index in [9.17, 15) is 9.90 Å². The third-order valence-electron chi connectivity index (χ3n) is 4.96. The van der Waals surface area contributed by atoms with Crippen LogP contribution in [-0.4, -0.2) is 66.3 Å². The number of carbonyl (C=O) groups excluding carboxylic acids is 1. The van der Waals surface area contributed by atoms with Gasteiger partial charge in [-0.15, -0.1) is 0 Å². The molecule has 2 aliphatic heterocycles. The minimum Gasteiger partial charge on any atom is -0.393 e. The number of hydrogen-bond donors (Lipinski definition) is 2. The lowest BCUT2D eigenvalue weighted by Crippen LogP contribution is -2.48. The van der Waals surface area contributed by atoms with Crippen molar-refractivity contribution in [3.63, 3.8) is 0 Å². The van der Waals surface area contributed by atoms with E-state index in [1.807, 2.05) is 11.8 Å². The molecule has 2 aliphatic rings. The Hall–Kier alpha value is -0.810. The number of piperidine rings is 1. The van der Waals surface area contributed by atoms with Gasteiger partial charge in [0.1, 0.15) is 0 Å². The Labute approximate surface area is 135 Å². The van der Waals surface area contributed by atoms with Gasteiger partial charge in [0.15, 0.2) is 0 Å². The number of urea groups is 1. The van der Waals surface area contributed by atoms with Gasteiger partial charge in [-0.1, -0.05) is 13.8 Å². The molecule has 22 heavy (non-hydrogen) atoms. The zero-order valence-electron chi connectivity index (χ0n) is 14.4. The average molecular weight is 311 g/mol. The van der Waals surface area contributed by atoms with Crippen LogP contribution in [-0.2, 0) is 0 Å². The fourth-order valence-electron chi connectivity index (χ4n) is 3.69. The van der Waals surface area contributed by atoms with E-state index in [1.165, 1.54) is 6.42 Å². The van der Waals surface area contributed by atoms with Crippen LogP contribution in [0.4, 0.5) is 4.79 Å². The zero-order chi connectivity index (χ0) is 16.1. The Morgan fingerprint density at radius 1 is 1.23 bits per heavy atom. The lowest BCUT2D eigenvalue weighted by molar-refractivity contribution is 0.0737. The van der Waals surface area contributed by atoms with Crippen LogP contribution in [0.2, 0.25) is 0 Å². The Morgan fingerprint density at radius 3 is 2.68 bits per heavy atom. The van der Waals surface area contributed by atoms with E-state index >= 15 is 0 Å². The molecule has 128 valence electrons. The van der Waals surface area contributed by atoms with Crippen molar-refractivity contribution < 1.29 is 9.90 Å². The molecule has 0 spiro atoms. The summed E-state index contributed by atoms with van der Waals surface area (Å²) < 4.78 is 0. The van der Waals surface area contributed by atoms with Gasteiger partial charge in [0, 0.05) is 38.6 Å². The minimum absolute atomic E-state index is 0.0488. The standard InChI is InChI=1S/C17H33N3O2/c1-13(2)10-19-8-6-15(11-19)9-18-17(22)20-7-4-5-16(12-20)14(3)21/h13-16,21H,4-12H2,1-3H3,(H,18,22). The topological polar surface area (TPSA) is 55.8 Å². The summed E-state index contributed by atoms with van der Waals surface area (Å²) >= 11 is 0. The molecule has 2 N–H and O–H groups in total. The highest BCUT2D eigenvalue weighted by Gasteiger charge is 2.28. The number of hydrogen-bond acceptors (Lipinski definition) is 3. The molecule has 2 saturated heterocycles. The van der Waals surface area contributed by atoms with E-state index in [1.54, 1.807) is 0 Å². The van der Waals surface area contributed by atoms with Gasteiger partial charge in [-0.3, -0.25) is 0 Å². The first-order valence-electron chi connectivity index (χ1n) is 8.89. The van der Waals surface area contributed by atoms with E-state index in [0.29, 0.717) is 18.4 Å². The van der Waals surface area contributed by atoms with Crippen LogP contribution in [0.3, 0.4) is 0 Å². The molecule has 0 saturated carbocycles. The second kappa shape index (κ2) is 8.16. The van der Waals surface area contributed by atoms with Gasteiger partial charge in [0.05, 0.1) is 6.10 Å². The second-order valence-electron chi connectivity index (χ2n) is 7.58. The zero-order valence-corrected chi connectivity index (χ0v) is 14.4. The monoisotopic (exact) mass is 311 g/mol. The summed E-state index contributed by atoms with van der Waals surface area (Å²) in [5.41, 5.74) is 0. The largest absolute Gasteiger partial charge is 0.393 e. The normalized spacial score (nSPS) is 28.1. The molecule has 0 aromatic carbocycles. The van der Waals surface area contributed by atoms with Crippen molar-refractivity contribution in [2.24, 2.45) is 17.8 Å². The summed E-state index contributed by atoms with van der Waals surface area (Å²) in [6.45, 7) is 12.0. The van der Waals surface area contributed by atoms with Crippen LogP contribution in [0.25, 0.3) is 0 Å². The Kier molecular flexibility index (Phi) is 6.50. The van der Waals surface area contributed by atoms with Gasteiger partial charge < -0.3 is 20.2 Å². The second-order valence-corrected chi connectivity index (χ2v) is 7.58. The first kappa shape index (κ1) is 17.5. The average Bonchev–Trinajstić information content (AvgIpc) is 2.91. The van der Waals surface area contributed by atoms with E-state index < -0.39 is 0 Å². The number of nitrogens with one attached hydrogen (secondary N) is 1. The number of rotatable bonds is 5. The van der Waals surface area contributed by atoms with Crippen molar-refractivity contribution in [1.29, 1.82) is 0 Å². The maximum Gasteiger partial charge on any atom is 0.317 e. The van der Waals surface area contributed by atoms with Crippen molar-refractivity contribution in [1.82, 2.24) is 15.1 Å². The molecule has 0 aliphatic carbocycles. The van der Waals surface area contributed by atoms with E-state index in [4.69, 9.17) is 0 Å². The van der Waals surface area contributed by atoms with E-state index in [2.05, 4.69) is 24.1 Å². The predicted molar refractivity (Wildman–Crippen MR) is 88.8 cm³/mol.